The van der Waals surface area contributed by atoms with Crippen LogP contribution in [0.25, 0.3) is 0 Å². The summed E-state index contributed by atoms with van der Waals surface area (Å²) in [6, 6.07) is 0. The molecule has 0 aromatic heterocycles. The van der Waals surface area contributed by atoms with Gasteiger partial charge in [-0.05, 0) is 6.92 Å². The summed E-state index contributed by atoms with van der Waals surface area (Å²) in [5.41, 5.74) is -1.36. The van der Waals surface area contributed by atoms with Crippen LogP contribution in [0, 0.1) is 0 Å². The molecule has 0 rings (SSSR count). The molecule has 4 nitrogen and oxygen atoms in total. The van der Waals surface area contributed by atoms with E-state index in [9.17, 15) is 18.4 Å². The molecule has 0 aliphatic heterocycles. The molecule has 74 valence electrons. The fourth-order valence-electron chi connectivity index (χ4n) is 0.543. The SMILES string of the molecule is CCOC(=O)C(C(=O)OC)=C(F)F. The fraction of sp³-hybridized carbons (Fsp3) is 0.429. The summed E-state index contributed by atoms with van der Waals surface area (Å²) >= 11 is 0. The second-order valence-corrected chi connectivity index (χ2v) is 1.85. The molecule has 0 unspecified atom stereocenters. The minimum atomic E-state index is -2.41. The van der Waals surface area contributed by atoms with Crippen molar-refractivity contribution in [3.8, 4) is 0 Å². The second kappa shape index (κ2) is 5.23. The van der Waals surface area contributed by atoms with Gasteiger partial charge in [0.05, 0.1) is 13.7 Å². The van der Waals surface area contributed by atoms with Crippen LogP contribution in [0.15, 0.2) is 11.7 Å². The summed E-state index contributed by atoms with van der Waals surface area (Å²) in [7, 11) is 0.893. The molecule has 0 amide bonds. The van der Waals surface area contributed by atoms with Crippen LogP contribution < -0.4 is 0 Å². The molecule has 0 bridgehead atoms. The molecule has 13 heavy (non-hydrogen) atoms. The third-order valence-electron chi connectivity index (χ3n) is 1.06. The quantitative estimate of drug-likeness (QED) is 0.289. The standard InChI is InChI=1S/C7H8F2O4/c1-3-13-7(11)4(5(8)9)6(10)12-2/h3H2,1-2H3. The fourth-order valence-corrected chi connectivity index (χ4v) is 0.543. The van der Waals surface area contributed by atoms with Gasteiger partial charge < -0.3 is 9.47 Å². The maximum absolute atomic E-state index is 12.0. The normalized spacial score (nSPS) is 8.92. The summed E-state index contributed by atoms with van der Waals surface area (Å²) in [6.45, 7) is 1.34. The summed E-state index contributed by atoms with van der Waals surface area (Å²) in [4.78, 5) is 21.3. The number of methoxy groups -OCH3 is 1. The van der Waals surface area contributed by atoms with E-state index in [1.54, 1.807) is 0 Å². The van der Waals surface area contributed by atoms with E-state index in [1.807, 2.05) is 0 Å². The van der Waals surface area contributed by atoms with Crippen LogP contribution >= 0.6 is 0 Å². The Morgan fingerprint density at radius 1 is 1.23 bits per heavy atom. The van der Waals surface area contributed by atoms with E-state index >= 15 is 0 Å². The van der Waals surface area contributed by atoms with Crippen LogP contribution in [0.1, 0.15) is 6.92 Å². The first-order valence-electron chi connectivity index (χ1n) is 3.35. The topological polar surface area (TPSA) is 52.6 Å². The lowest BCUT2D eigenvalue weighted by molar-refractivity contribution is -0.145. The lowest BCUT2D eigenvalue weighted by Crippen LogP contribution is -2.17. The summed E-state index contributed by atoms with van der Waals surface area (Å²) in [5.74, 6) is -2.78. The van der Waals surface area contributed by atoms with E-state index in [1.165, 1.54) is 6.92 Å². The average Bonchev–Trinajstić information content (AvgIpc) is 2.04. The van der Waals surface area contributed by atoms with Gasteiger partial charge in [-0.15, -0.1) is 0 Å². The van der Waals surface area contributed by atoms with Crippen molar-refractivity contribution in [3.63, 3.8) is 0 Å². The molecule has 0 spiro atoms. The molecule has 0 aromatic rings. The number of esters is 2. The van der Waals surface area contributed by atoms with E-state index in [4.69, 9.17) is 0 Å². The van der Waals surface area contributed by atoms with Gasteiger partial charge in [-0.25, -0.2) is 9.59 Å². The minimum absolute atomic E-state index is 0.0907. The van der Waals surface area contributed by atoms with Crippen molar-refractivity contribution in [2.75, 3.05) is 13.7 Å². The maximum Gasteiger partial charge on any atom is 0.351 e. The number of hydrogen-bond acceptors (Lipinski definition) is 4. The lowest BCUT2D eigenvalue weighted by Gasteiger charge is -2.02. The minimum Gasteiger partial charge on any atom is -0.465 e. The Morgan fingerprint density at radius 3 is 2.08 bits per heavy atom. The molecule has 0 saturated carbocycles. The number of halogens is 2. The molecule has 0 heterocycles. The van der Waals surface area contributed by atoms with Gasteiger partial charge in [0, 0.05) is 0 Å². The number of carbonyl (C=O) groups is 2. The molecule has 0 aliphatic carbocycles. The van der Waals surface area contributed by atoms with Gasteiger partial charge in [0.25, 0.3) is 6.08 Å². The zero-order chi connectivity index (χ0) is 10.4. The summed E-state index contributed by atoms with van der Waals surface area (Å²) in [5, 5.41) is 0. The number of carbonyl (C=O) groups excluding carboxylic acids is 2. The molecule has 0 atom stereocenters. The van der Waals surface area contributed by atoms with Crippen LogP contribution in [0.2, 0.25) is 0 Å². The smallest absolute Gasteiger partial charge is 0.351 e. The predicted molar refractivity (Wildman–Crippen MR) is 37.9 cm³/mol. The Labute approximate surface area is 73.1 Å². The zero-order valence-electron chi connectivity index (χ0n) is 7.10. The second-order valence-electron chi connectivity index (χ2n) is 1.85. The van der Waals surface area contributed by atoms with Crippen molar-refractivity contribution in [2.24, 2.45) is 0 Å². The third-order valence-corrected chi connectivity index (χ3v) is 1.06. The van der Waals surface area contributed by atoms with Gasteiger partial charge in [-0.2, -0.15) is 8.78 Å². The zero-order valence-corrected chi connectivity index (χ0v) is 7.10. The maximum atomic E-state index is 12.0. The van der Waals surface area contributed by atoms with Crippen molar-refractivity contribution in [1.82, 2.24) is 0 Å². The lowest BCUT2D eigenvalue weighted by atomic mass is 10.3. The van der Waals surface area contributed by atoms with Crippen molar-refractivity contribution in [3.05, 3.63) is 11.7 Å². The van der Waals surface area contributed by atoms with Gasteiger partial charge in [-0.3, -0.25) is 0 Å². The van der Waals surface area contributed by atoms with Crippen molar-refractivity contribution < 1.29 is 27.8 Å². The van der Waals surface area contributed by atoms with E-state index < -0.39 is 23.6 Å². The van der Waals surface area contributed by atoms with Crippen LogP contribution in [0.5, 0.6) is 0 Å². The van der Waals surface area contributed by atoms with Crippen molar-refractivity contribution >= 4 is 11.9 Å². The van der Waals surface area contributed by atoms with Crippen molar-refractivity contribution in [1.29, 1.82) is 0 Å². The molecule has 0 radical (unpaired) electrons. The van der Waals surface area contributed by atoms with Crippen LogP contribution in [0.3, 0.4) is 0 Å². The molecular weight excluding hydrogens is 186 g/mol. The Morgan fingerprint density at radius 2 is 1.77 bits per heavy atom. The van der Waals surface area contributed by atoms with E-state index in [2.05, 4.69) is 9.47 Å². The van der Waals surface area contributed by atoms with E-state index in [-0.39, 0.29) is 6.61 Å². The Bertz CT molecular complexity index is 243. The Balaban J connectivity index is 4.75. The molecule has 0 saturated heterocycles. The highest BCUT2D eigenvalue weighted by atomic mass is 19.3. The summed E-state index contributed by atoms with van der Waals surface area (Å²) < 4.78 is 32.2. The molecular formula is C7H8F2O4. The number of hydrogen-bond donors (Lipinski definition) is 0. The van der Waals surface area contributed by atoms with Gasteiger partial charge in [0.2, 0.25) is 5.57 Å². The predicted octanol–water partition coefficient (Wildman–Crippen LogP) is 0.873. The highest BCUT2D eigenvalue weighted by molar-refractivity contribution is 6.14. The van der Waals surface area contributed by atoms with Gasteiger partial charge in [0.1, 0.15) is 0 Å². The molecule has 0 N–H and O–H groups in total. The molecule has 0 aromatic carbocycles. The largest absolute Gasteiger partial charge is 0.465 e. The van der Waals surface area contributed by atoms with Crippen LogP contribution in [0.4, 0.5) is 8.78 Å². The van der Waals surface area contributed by atoms with E-state index in [0.717, 1.165) is 7.11 Å². The number of rotatable bonds is 3. The van der Waals surface area contributed by atoms with Crippen LogP contribution in [-0.2, 0) is 19.1 Å². The third kappa shape index (κ3) is 3.18. The summed E-state index contributed by atoms with van der Waals surface area (Å²) in [6.07, 6.45) is -2.41. The highest BCUT2D eigenvalue weighted by Gasteiger charge is 2.26. The van der Waals surface area contributed by atoms with Crippen LogP contribution in [-0.4, -0.2) is 25.7 Å². The van der Waals surface area contributed by atoms with E-state index in [0.29, 0.717) is 0 Å². The average molecular weight is 194 g/mol. The Hall–Kier alpha value is -1.46. The molecule has 0 fully saturated rings. The monoisotopic (exact) mass is 194 g/mol. The highest BCUT2D eigenvalue weighted by Crippen LogP contribution is 2.11. The molecule has 6 heteroatoms. The van der Waals surface area contributed by atoms with Gasteiger partial charge >= 0.3 is 11.9 Å². The molecule has 0 aliphatic rings. The van der Waals surface area contributed by atoms with Crippen molar-refractivity contribution in [2.45, 2.75) is 6.92 Å². The first kappa shape index (κ1) is 11.5. The van der Waals surface area contributed by atoms with Gasteiger partial charge in [-0.1, -0.05) is 0 Å². The van der Waals surface area contributed by atoms with Gasteiger partial charge in [0.15, 0.2) is 0 Å². The first-order chi connectivity index (χ1) is 6.04. The first-order valence-corrected chi connectivity index (χ1v) is 3.35. The number of ether oxygens (including phenoxy) is 2. The Kier molecular flexibility index (Phi) is 4.64.